The number of amides is 2. The van der Waals surface area contributed by atoms with Crippen LogP contribution in [0.3, 0.4) is 0 Å². The largest absolute Gasteiger partial charge is 0.490 e. The van der Waals surface area contributed by atoms with Crippen LogP contribution < -0.4 is 10.1 Å². The highest BCUT2D eigenvalue weighted by atomic mass is 32.1. The van der Waals surface area contributed by atoms with E-state index in [2.05, 4.69) is 15.5 Å². The van der Waals surface area contributed by atoms with Crippen molar-refractivity contribution in [1.82, 2.24) is 20.6 Å². The molecule has 42 heavy (non-hydrogen) atoms. The molecule has 0 spiro atoms. The molecule has 10 nitrogen and oxygen atoms in total. The van der Waals surface area contributed by atoms with E-state index in [-0.39, 0.29) is 32.8 Å². The first-order valence-electron chi connectivity index (χ1n) is 13.3. The number of benzene rings is 2. The first kappa shape index (κ1) is 30.8. The molecule has 0 unspecified atom stereocenters. The topological polar surface area (TPSA) is 123 Å². The van der Waals surface area contributed by atoms with Gasteiger partial charge in [0.05, 0.1) is 24.3 Å². The Bertz CT molecular complexity index is 1550. The Hall–Kier alpha value is -4.13. The molecular formula is C30H33FN4O6S. The Morgan fingerprint density at radius 2 is 1.83 bits per heavy atom. The van der Waals surface area contributed by atoms with Crippen LogP contribution in [0.4, 0.5) is 9.18 Å². The zero-order valence-corrected chi connectivity index (χ0v) is 24.7. The molecule has 0 aliphatic heterocycles. The lowest BCUT2D eigenvalue weighted by molar-refractivity contribution is -0.158. The minimum Gasteiger partial charge on any atom is -0.490 e. The molecule has 12 heteroatoms. The van der Waals surface area contributed by atoms with E-state index in [1.54, 1.807) is 32.9 Å². The number of hydrogen-bond acceptors (Lipinski definition) is 9. The molecule has 0 saturated carbocycles. The predicted octanol–water partition coefficient (Wildman–Crippen LogP) is 5.47. The van der Waals surface area contributed by atoms with E-state index in [4.69, 9.17) is 14.2 Å². The summed E-state index contributed by atoms with van der Waals surface area (Å²) >= 11 is 1.48. The van der Waals surface area contributed by atoms with Gasteiger partial charge in [-0.1, -0.05) is 18.2 Å². The molecule has 0 aliphatic rings. The van der Waals surface area contributed by atoms with Crippen LogP contribution in [0.15, 0.2) is 53.9 Å². The molecule has 4 aromatic rings. The van der Waals surface area contributed by atoms with Crippen molar-refractivity contribution in [2.45, 2.75) is 32.8 Å². The fraction of sp³-hybridized carbons (Fsp3) is 0.333. The zero-order valence-electron chi connectivity index (χ0n) is 23.8. The summed E-state index contributed by atoms with van der Waals surface area (Å²) in [5.74, 6) is -0.583. The number of aromatic nitrogens is 2. The lowest BCUT2D eigenvalue weighted by Gasteiger charge is -2.19. The second-order valence-corrected chi connectivity index (χ2v) is 11.3. The lowest BCUT2D eigenvalue weighted by Crippen LogP contribution is -2.34. The summed E-state index contributed by atoms with van der Waals surface area (Å²) in [4.78, 5) is 23.7. The monoisotopic (exact) mass is 596 g/mol. The highest BCUT2D eigenvalue weighted by molar-refractivity contribution is 7.17. The molecule has 2 aromatic carbocycles. The number of ether oxygens (including phenoxy) is 3. The normalized spacial score (nSPS) is 11.4. The smallest absolute Gasteiger partial charge is 0.407 e. The maximum absolute atomic E-state index is 14.2. The fourth-order valence-electron chi connectivity index (χ4n) is 4.05. The van der Waals surface area contributed by atoms with Crippen LogP contribution in [-0.4, -0.2) is 71.5 Å². The molecule has 4 rings (SSSR count). The van der Waals surface area contributed by atoms with Crippen molar-refractivity contribution in [3.63, 3.8) is 0 Å². The SMILES string of the molecule is CN(O)C(=O)Cc1cccc(-c2nnc(-c3ccc(F)cc3OCCOCCNC(=O)OC(C)(C)C)c3sccc23)c1. The molecular weight excluding hydrogens is 563 g/mol. The highest BCUT2D eigenvalue weighted by Gasteiger charge is 2.19. The van der Waals surface area contributed by atoms with Crippen molar-refractivity contribution in [1.29, 1.82) is 0 Å². The number of rotatable bonds is 11. The third kappa shape index (κ3) is 8.21. The first-order chi connectivity index (χ1) is 20.0. The van der Waals surface area contributed by atoms with Gasteiger partial charge in [-0.05, 0) is 56.0 Å². The summed E-state index contributed by atoms with van der Waals surface area (Å²) in [6.07, 6.45) is -0.476. The van der Waals surface area contributed by atoms with E-state index in [1.165, 1.54) is 30.5 Å². The van der Waals surface area contributed by atoms with Crippen molar-refractivity contribution < 1.29 is 33.4 Å². The van der Waals surface area contributed by atoms with Crippen molar-refractivity contribution in [3.8, 4) is 28.3 Å². The number of nitrogens with zero attached hydrogens (tertiary/aromatic N) is 3. The molecule has 2 amide bonds. The fourth-order valence-corrected chi connectivity index (χ4v) is 4.94. The minimum atomic E-state index is -0.578. The van der Waals surface area contributed by atoms with Gasteiger partial charge in [0.15, 0.2) is 0 Å². The molecule has 222 valence electrons. The maximum atomic E-state index is 14.2. The van der Waals surface area contributed by atoms with E-state index in [1.807, 2.05) is 29.6 Å². The van der Waals surface area contributed by atoms with Gasteiger partial charge < -0.3 is 19.5 Å². The molecule has 0 radical (unpaired) electrons. The third-order valence-corrected chi connectivity index (χ3v) is 6.82. The highest BCUT2D eigenvalue weighted by Crippen LogP contribution is 2.39. The van der Waals surface area contributed by atoms with E-state index in [0.29, 0.717) is 27.8 Å². The molecule has 0 bridgehead atoms. The number of likely N-dealkylation sites (N-methyl/N-ethyl adjacent to an activating group) is 1. The molecule has 2 heterocycles. The van der Waals surface area contributed by atoms with Crippen molar-refractivity contribution in [2.24, 2.45) is 0 Å². The van der Waals surface area contributed by atoms with Crippen LogP contribution in [0.1, 0.15) is 26.3 Å². The number of fused-ring (bicyclic) bond motifs is 1. The van der Waals surface area contributed by atoms with Gasteiger partial charge in [0.2, 0.25) is 5.91 Å². The average Bonchev–Trinajstić information content (AvgIpc) is 3.42. The summed E-state index contributed by atoms with van der Waals surface area (Å²) in [6.45, 7) is 6.26. The summed E-state index contributed by atoms with van der Waals surface area (Å²) in [5.41, 5.74) is 2.70. The third-order valence-electron chi connectivity index (χ3n) is 5.90. The minimum absolute atomic E-state index is 0.0410. The van der Waals surface area contributed by atoms with Crippen LogP contribution in [0, 0.1) is 5.82 Å². The Balaban J connectivity index is 1.46. The van der Waals surface area contributed by atoms with Crippen LogP contribution in [0.5, 0.6) is 5.75 Å². The van der Waals surface area contributed by atoms with Crippen LogP contribution >= 0.6 is 11.3 Å². The number of nitrogens with one attached hydrogen (secondary N) is 1. The van der Waals surface area contributed by atoms with E-state index in [9.17, 15) is 19.2 Å². The van der Waals surface area contributed by atoms with Crippen LogP contribution in [0.2, 0.25) is 0 Å². The van der Waals surface area contributed by atoms with Gasteiger partial charge >= 0.3 is 6.09 Å². The average molecular weight is 597 g/mol. The molecule has 0 saturated heterocycles. The number of hydrogen-bond donors (Lipinski definition) is 2. The van der Waals surface area contributed by atoms with Gasteiger partial charge in [0, 0.05) is 36.2 Å². The van der Waals surface area contributed by atoms with Crippen molar-refractivity contribution >= 4 is 33.4 Å². The second kappa shape index (κ2) is 13.7. The van der Waals surface area contributed by atoms with E-state index in [0.717, 1.165) is 21.2 Å². The Morgan fingerprint density at radius 1 is 1.05 bits per heavy atom. The van der Waals surface area contributed by atoms with Gasteiger partial charge in [0.1, 0.15) is 35.2 Å². The van der Waals surface area contributed by atoms with Crippen molar-refractivity contribution in [3.05, 3.63) is 65.3 Å². The number of alkyl carbamates (subject to hydrolysis) is 1. The van der Waals surface area contributed by atoms with E-state index >= 15 is 0 Å². The standard InChI is InChI=1S/C30H33FN4O6S/c1-30(2,3)41-29(37)32-11-12-39-13-14-40-24-18-21(31)8-9-22(24)27-28-23(10-15-42-28)26(33-34-27)20-7-5-6-19(16-20)17-25(36)35(4)38/h5-10,15-16,18,38H,11-14,17H2,1-4H3,(H,32,37). The lowest BCUT2D eigenvalue weighted by atomic mass is 10.0. The summed E-state index contributed by atoms with van der Waals surface area (Å²) < 4.78 is 31.6. The van der Waals surface area contributed by atoms with E-state index < -0.39 is 23.4 Å². The molecule has 0 atom stereocenters. The van der Waals surface area contributed by atoms with Gasteiger partial charge in [-0.15, -0.1) is 21.5 Å². The van der Waals surface area contributed by atoms with Gasteiger partial charge in [0.25, 0.3) is 0 Å². The zero-order chi connectivity index (χ0) is 30.3. The van der Waals surface area contributed by atoms with Crippen LogP contribution in [0.25, 0.3) is 32.6 Å². The number of halogens is 1. The van der Waals surface area contributed by atoms with Gasteiger partial charge in [-0.3, -0.25) is 10.0 Å². The number of thiophene rings is 1. The summed E-state index contributed by atoms with van der Waals surface area (Å²) in [5, 5.41) is 24.4. The predicted molar refractivity (Wildman–Crippen MR) is 157 cm³/mol. The number of hydroxylamine groups is 2. The molecule has 0 aliphatic carbocycles. The Morgan fingerprint density at radius 3 is 2.60 bits per heavy atom. The van der Waals surface area contributed by atoms with Gasteiger partial charge in [-0.2, -0.15) is 0 Å². The molecule has 2 aromatic heterocycles. The Labute approximate surface area is 247 Å². The quantitative estimate of drug-likeness (QED) is 0.133. The summed E-state index contributed by atoms with van der Waals surface area (Å²) in [6, 6.07) is 13.5. The Kier molecular flexibility index (Phi) is 10.0. The number of carbonyl (C=O) groups is 2. The first-order valence-corrected chi connectivity index (χ1v) is 14.2. The molecule has 0 fully saturated rings. The molecule has 2 N–H and O–H groups in total. The van der Waals surface area contributed by atoms with Crippen LogP contribution in [-0.2, 0) is 20.7 Å². The number of carbonyl (C=O) groups excluding carboxylic acids is 2. The van der Waals surface area contributed by atoms with Crippen molar-refractivity contribution in [2.75, 3.05) is 33.4 Å². The maximum Gasteiger partial charge on any atom is 0.407 e. The van der Waals surface area contributed by atoms with Gasteiger partial charge in [-0.25, -0.2) is 14.2 Å². The summed E-state index contributed by atoms with van der Waals surface area (Å²) in [7, 11) is 1.29. The second-order valence-electron chi connectivity index (χ2n) is 10.4.